The maximum Gasteiger partial charge on any atom is 0.222 e. The van der Waals surface area contributed by atoms with Gasteiger partial charge in [0, 0.05) is 19.1 Å². The van der Waals surface area contributed by atoms with Gasteiger partial charge in [0.25, 0.3) is 0 Å². The van der Waals surface area contributed by atoms with Crippen LogP contribution in [0, 0.1) is 0 Å². The Hall–Kier alpha value is -0.730. The predicted molar refractivity (Wildman–Crippen MR) is 82.9 cm³/mol. The largest absolute Gasteiger partial charge is 0.388 e. The van der Waals surface area contributed by atoms with Gasteiger partial charge in [-0.3, -0.25) is 4.79 Å². The normalized spacial score (nSPS) is 13.1. The highest BCUT2D eigenvalue weighted by molar-refractivity contribution is 5.76. The lowest BCUT2D eigenvalue weighted by atomic mass is 10.1. The number of hydrogen-bond acceptors (Lipinski definition) is 6. The van der Waals surface area contributed by atoms with Crippen LogP contribution in [-0.2, 0) is 23.7 Å². The molecule has 2 N–H and O–H groups in total. The first kappa shape index (κ1) is 21.3. The maximum absolute atomic E-state index is 11.5. The van der Waals surface area contributed by atoms with Gasteiger partial charge >= 0.3 is 0 Å². The van der Waals surface area contributed by atoms with Gasteiger partial charge in [-0.1, -0.05) is 0 Å². The Labute approximate surface area is 133 Å². The number of carbonyl (C=O) groups excluding carboxylic acids is 1. The summed E-state index contributed by atoms with van der Waals surface area (Å²) in [6, 6.07) is 0. The van der Waals surface area contributed by atoms with Crippen molar-refractivity contribution >= 4 is 5.91 Å². The molecule has 7 heteroatoms. The van der Waals surface area contributed by atoms with Crippen molar-refractivity contribution in [3.8, 4) is 0 Å². The van der Waals surface area contributed by atoms with Crippen molar-refractivity contribution in [3.63, 3.8) is 0 Å². The molecule has 0 fully saturated rings. The molecule has 0 bridgehead atoms. The van der Waals surface area contributed by atoms with Crippen molar-refractivity contribution in [3.05, 3.63) is 0 Å². The molecule has 1 atom stereocenters. The third-order valence-electron chi connectivity index (χ3n) is 2.40. The van der Waals surface area contributed by atoms with Crippen LogP contribution in [0.25, 0.3) is 0 Å². The summed E-state index contributed by atoms with van der Waals surface area (Å²) < 4.78 is 20.6. The lowest BCUT2D eigenvalue weighted by Crippen LogP contribution is -2.40. The third kappa shape index (κ3) is 15.7. The molecule has 0 aliphatic carbocycles. The molecule has 0 saturated heterocycles. The van der Waals surface area contributed by atoms with Gasteiger partial charge in [0.15, 0.2) is 0 Å². The molecule has 1 unspecified atom stereocenters. The van der Waals surface area contributed by atoms with Crippen LogP contribution < -0.4 is 5.32 Å². The summed E-state index contributed by atoms with van der Waals surface area (Å²) in [5, 5.41) is 12.2. The van der Waals surface area contributed by atoms with E-state index in [4.69, 9.17) is 18.9 Å². The van der Waals surface area contributed by atoms with E-state index < -0.39 is 6.10 Å². The number of ether oxygens (including phenoxy) is 4. The molecule has 1 amide bonds. The molecule has 0 aliphatic heterocycles. The minimum absolute atomic E-state index is 0.0172. The highest BCUT2D eigenvalue weighted by Gasteiger charge is 2.12. The summed E-state index contributed by atoms with van der Waals surface area (Å²) in [4.78, 5) is 11.5. The fourth-order valence-corrected chi connectivity index (χ4v) is 1.55. The average molecular weight is 321 g/mol. The van der Waals surface area contributed by atoms with Crippen molar-refractivity contribution in [1.29, 1.82) is 0 Å². The number of aliphatic hydroxyl groups is 1. The topological polar surface area (TPSA) is 86.2 Å². The van der Waals surface area contributed by atoms with Crippen molar-refractivity contribution < 1.29 is 28.8 Å². The number of carbonyl (C=O) groups is 1. The number of methoxy groups -OCH3 is 1. The summed E-state index contributed by atoms with van der Waals surface area (Å²) in [5.41, 5.74) is -0.211. The van der Waals surface area contributed by atoms with E-state index in [-0.39, 0.29) is 24.7 Å². The molecule has 0 radical (unpaired) electrons. The zero-order chi connectivity index (χ0) is 16.8. The Kier molecular flexibility index (Phi) is 12.4. The Morgan fingerprint density at radius 2 is 1.55 bits per heavy atom. The van der Waals surface area contributed by atoms with Gasteiger partial charge in [-0.2, -0.15) is 0 Å². The molecular weight excluding hydrogens is 290 g/mol. The van der Waals surface area contributed by atoms with Gasteiger partial charge in [0.1, 0.15) is 6.10 Å². The molecular formula is C15H31NO6. The monoisotopic (exact) mass is 321 g/mol. The second-order valence-electron chi connectivity index (χ2n) is 5.96. The first-order chi connectivity index (χ1) is 10.3. The van der Waals surface area contributed by atoms with Crippen LogP contribution in [-0.4, -0.2) is 76.0 Å². The summed E-state index contributed by atoms with van der Waals surface area (Å²) in [5.74, 6) is -0.0172. The molecule has 22 heavy (non-hydrogen) atoms. The van der Waals surface area contributed by atoms with Gasteiger partial charge in [-0.05, 0) is 20.8 Å². The minimum atomic E-state index is -0.604. The molecule has 0 aromatic rings. The Morgan fingerprint density at radius 1 is 1.00 bits per heavy atom. The van der Waals surface area contributed by atoms with Crippen molar-refractivity contribution in [2.24, 2.45) is 0 Å². The van der Waals surface area contributed by atoms with Gasteiger partial charge in [0.05, 0.1) is 46.2 Å². The Balaban J connectivity index is 3.26. The van der Waals surface area contributed by atoms with E-state index in [1.807, 2.05) is 20.8 Å². The molecule has 0 aliphatic rings. The van der Waals surface area contributed by atoms with E-state index >= 15 is 0 Å². The summed E-state index contributed by atoms with van der Waals surface area (Å²) in [6.45, 7) is 8.43. The molecule has 132 valence electrons. The Bertz CT molecular complexity index is 280. The quantitative estimate of drug-likeness (QED) is 0.476. The summed E-state index contributed by atoms with van der Waals surface area (Å²) in [7, 11) is 1.53. The fraction of sp³-hybridized carbons (Fsp3) is 0.933. The SMILES string of the molecule is COCC(O)COCCOCCOCCC(=O)NC(C)(C)C. The number of hydrogen-bond donors (Lipinski definition) is 2. The van der Waals surface area contributed by atoms with Gasteiger partial charge in [-0.25, -0.2) is 0 Å². The first-order valence-electron chi connectivity index (χ1n) is 7.56. The van der Waals surface area contributed by atoms with Gasteiger partial charge in [0.2, 0.25) is 5.91 Å². The first-order valence-corrected chi connectivity index (χ1v) is 7.56. The highest BCUT2D eigenvalue weighted by Crippen LogP contribution is 1.99. The number of nitrogens with one attached hydrogen (secondary N) is 1. The maximum atomic E-state index is 11.5. The van der Waals surface area contributed by atoms with Crippen molar-refractivity contribution in [2.75, 3.05) is 53.4 Å². The van der Waals surface area contributed by atoms with Crippen LogP contribution in [0.2, 0.25) is 0 Å². The molecule has 7 nitrogen and oxygen atoms in total. The molecule has 0 heterocycles. The van der Waals surface area contributed by atoms with Crippen molar-refractivity contribution in [2.45, 2.75) is 38.8 Å². The lowest BCUT2D eigenvalue weighted by molar-refractivity contribution is -0.123. The molecule has 0 saturated carbocycles. The highest BCUT2D eigenvalue weighted by atomic mass is 16.5. The van der Waals surface area contributed by atoms with Crippen LogP contribution in [0.15, 0.2) is 0 Å². The predicted octanol–water partition coefficient (Wildman–Crippen LogP) is 0.348. The lowest BCUT2D eigenvalue weighted by Gasteiger charge is -2.20. The van der Waals surface area contributed by atoms with E-state index in [1.165, 1.54) is 7.11 Å². The van der Waals surface area contributed by atoms with Crippen LogP contribution >= 0.6 is 0 Å². The standard InChI is InChI=1S/C15H31NO6/c1-15(2,3)16-14(18)5-6-20-7-8-21-9-10-22-12-13(17)11-19-4/h13,17H,5-12H2,1-4H3,(H,16,18). The summed E-state index contributed by atoms with van der Waals surface area (Å²) >= 11 is 0. The van der Waals surface area contributed by atoms with Gasteiger partial charge < -0.3 is 29.4 Å². The Morgan fingerprint density at radius 3 is 2.09 bits per heavy atom. The van der Waals surface area contributed by atoms with Crippen LogP contribution in [0.4, 0.5) is 0 Å². The van der Waals surface area contributed by atoms with Gasteiger partial charge in [-0.15, -0.1) is 0 Å². The third-order valence-corrected chi connectivity index (χ3v) is 2.40. The number of aliphatic hydroxyl groups excluding tert-OH is 1. The van der Waals surface area contributed by atoms with Crippen LogP contribution in [0.5, 0.6) is 0 Å². The zero-order valence-electron chi connectivity index (χ0n) is 14.2. The average Bonchev–Trinajstić information content (AvgIpc) is 2.39. The summed E-state index contributed by atoms with van der Waals surface area (Å²) in [6.07, 6.45) is -0.259. The second-order valence-corrected chi connectivity index (χ2v) is 5.96. The van der Waals surface area contributed by atoms with E-state index in [0.717, 1.165) is 0 Å². The fourth-order valence-electron chi connectivity index (χ4n) is 1.55. The van der Waals surface area contributed by atoms with E-state index in [0.29, 0.717) is 39.5 Å². The van der Waals surface area contributed by atoms with Crippen LogP contribution in [0.1, 0.15) is 27.2 Å². The van der Waals surface area contributed by atoms with E-state index in [2.05, 4.69) is 5.32 Å². The van der Waals surface area contributed by atoms with Crippen molar-refractivity contribution in [1.82, 2.24) is 5.32 Å². The minimum Gasteiger partial charge on any atom is -0.388 e. The zero-order valence-corrected chi connectivity index (χ0v) is 14.2. The second kappa shape index (κ2) is 12.8. The number of amides is 1. The molecule has 0 aromatic heterocycles. The van der Waals surface area contributed by atoms with E-state index in [9.17, 15) is 9.90 Å². The molecule has 0 aromatic carbocycles. The van der Waals surface area contributed by atoms with E-state index in [1.54, 1.807) is 0 Å². The molecule has 0 spiro atoms. The molecule has 0 rings (SSSR count). The number of rotatable bonds is 13. The smallest absolute Gasteiger partial charge is 0.222 e. The van der Waals surface area contributed by atoms with Crippen LogP contribution in [0.3, 0.4) is 0 Å².